The number of nitro benzene ring substituents is 1. The third-order valence-corrected chi connectivity index (χ3v) is 4.10. The maximum absolute atomic E-state index is 12.6. The lowest BCUT2D eigenvalue weighted by Crippen LogP contribution is -2.41. The SMILES string of the molecule is CC(C)CCN1C(=O)c2cccc3c([N+](=O)[O-])ccc(c23)C1=O. The second-order valence-corrected chi connectivity index (χ2v) is 6.06. The molecule has 1 heterocycles. The van der Waals surface area contributed by atoms with Gasteiger partial charge < -0.3 is 0 Å². The highest BCUT2D eigenvalue weighted by molar-refractivity contribution is 6.26. The molecule has 0 radical (unpaired) electrons. The summed E-state index contributed by atoms with van der Waals surface area (Å²) in [6, 6.07) is 7.58. The summed E-state index contributed by atoms with van der Waals surface area (Å²) in [7, 11) is 0. The molecule has 3 rings (SSSR count). The lowest BCUT2D eigenvalue weighted by atomic mass is 9.93. The average molecular weight is 312 g/mol. The Morgan fingerprint density at radius 2 is 1.74 bits per heavy atom. The normalized spacial score (nSPS) is 14.0. The molecule has 1 aliphatic rings. The van der Waals surface area contributed by atoms with Gasteiger partial charge in [-0.1, -0.05) is 19.9 Å². The standard InChI is InChI=1S/C17H16N2O4/c1-10(2)8-9-18-16(20)12-5-3-4-11-14(19(22)23)7-6-13(15(11)12)17(18)21/h3-7,10H,8-9H2,1-2H3. The Kier molecular flexibility index (Phi) is 3.60. The van der Waals surface area contributed by atoms with Crippen LogP contribution in [0.3, 0.4) is 0 Å². The molecular weight excluding hydrogens is 296 g/mol. The highest BCUT2D eigenvalue weighted by atomic mass is 16.6. The molecule has 0 saturated carbocycles. The molecule has 118 valence electrons. The summed E-state index contributed by atoms with van der Waals surface area (Å²) in [6.45, 7) is 4.40. The van der Waals surface area contributed by atoms with Gasteiger partial charge in [-0.15, -0.1) is 0 Å². The molecule has 0 saturated heterocycles. The van der Waals surface area contributed by atoms with Crippen LogP contribution < -0.4 is 0 Å². The van der Waals surface area contributed by atoms with Crippen LogP contribution in [0.2, 0.25) is 0 Å². The highest BCUT2D eigenvalue weighted by Gasteiger charge is 2.34. The van der Waals surface area contributed by atoms with Gasteiger partial charge >= 0.3 is 0 Å². The van der Waals surface area contributed by atoms with E-state index in [0.29, 0.717) is 34.4 Å². The number of imide groups is 1. The molecule has 6 nitrogen and oxygen atoms in total. The van der Waals surface area contributed by atoms with Crippen molar-refractivity contribution in [3.63, 3.8) is 0 Å². The van der Waals surface area contributed by atoms with Gasteiger partial charge in [0.05, 0.1) is 10.3 Å². The first kappa shape index (κ1) is 15.1. The molecule has 0 atom stereocenters. The van der Waals surface area contributed by atoms with E-state index in [4.69, 9.17) is 0 Å². The number of carbonyl (C=O) groups excluding carboxylic acids is 2. The molecule has 2 amide bonds. The van der Waals surface area contributed by atoms with Gasteiger partial charge in [-0.3, -0.25) is 24.6 Å². The van der Waals surface area contributed by atoms with Crippen molar-refractivity contribution < 1.29 is 14.5 Å². The maximum atomic E-state index is 12.6. The van der Waals surface area contributed by atoms with Crippen molar-refractivity contribution in [2.75, 3.05) is 6.54 Å². The fourth-order valence-corrected chi connectivity index (χ4v) is 2.88. The zero-order chi connectivity index (χ0) is 16.7. The largest absolute Gasteiger partial charge is 0.277 e. The monoisotopic (exact) mass is 312 g/mol. The van der Waals surface area contributed by atoms with E-state index < -0.39 is 4.92 Å². The maximum Gasteiger partial charge on any atom is 0.277 e. The molecule has 2 aromatic carbocycles. The van der Waals surface area contributed by atoms with E-state index in [0.717, 1.165) is 6.42 Å². The lowest BCUT2D eigenvalue weighted by molar-refractivity contribution is -0.383. The first-order valence-electron chi connectivity index (χ1n) is 7.48. The Hall–Kier alpha value is -2.76. The summed E-state index contributed by atoms with van der Waals surface area (Å²) < 4.78 is 0. The van der Waals surface area contributed by atoms with Crippen molar-refractivity contribution in [2.45, 2.75) is 20.3 Å². The van der Waals surface area contributed by atoms with E-state index in [-0.39, 0.29) is 17.5 Å². The quantitative estimate of drug-likeness (QED) is 0.492. The lowest BCUT2D eigenvalue weighted by Gasteiger charge is -2.27. The number of carbonyl (C=O) groups is 2. The Morgan fingerprint density at radius 1 is 1.09 bits per heavy atom. The van der Waals surface area contributed by atoms with Gasteiger partial charge in [-0.05, 0) is 30.5 Å². The Bertz CT molecular complexity index is 820. The zero-order valence-electron chi connectivity index (χ0n) is 12.9. The fraction of sp³-hybridized carbons (Fsp3) is 0.294. The molecular formula is C17H16N2O4. The average Bonchev–Trinajstić information content (AvgIpc) is 2.51. The van der Waals surface area contributed by atoms with Crippen molar-refractivity contribution in [2.24, 2.45) is 5.92 Å². The third kappa shape index (κ3) is 2.36. The van der Waals surface area contributed by atoms with E-state index >= 15 is 0 Å². The number of nitrogens with zero attached hydrogens (tertiary/aromatic N) is 2. The summed E-state index contributed by atoms with van der Waals surface area (Å²) in [6.07, 6.45) is 0.718. The minimum Gasteiger partial charge on any atom is -0.274 e. The number of rotatable bonds is 4. The predicted molar refractivity (Wildman–Crippen MR) is 85.4 cm³/mol. The topological polar surface area (TPSA) is 80.5 Å². The van der Waals surface area contributed by atoms with Crippen molar-refractivity contribution in [1.29, 1.82) is 0 Å². The molecule has 2 aromatic rings. The van der Waals surface area contributed by atoms with Crippen molar-refractivity contribution >= 4 is 28.3 Å². The number of benzene rings is 2. The van der Waals surface area contributed by atoms with E-state index in [1.807, 2.05) is 13.8 Å². The van der Waals surface area contributed by atoms with Gasteiger partial charge in [0.15, 0.2) is 0 Å². The van der Waals surface area contributed by atoms with Crippen LogP contribution in [0.1, 0.15) is 41.0 Å². The second-order valence-electron chi connectivity index (χ2n) is 6.06. The molecule has 1 aliphatic heterocycles. The van der Waals surface area contributed by atoms with Crippen LogP contribution in [0.25, 0.3) is 10.8 Å². The van der Waals surface area contributed by atoms with Crippen LogP contribution in [0.4, 0.5) is 5.69 Å². The van der Waals surface area contributed by atoms with E-state index in [2.05, 4.69) is 0 Å². The van der Waals surface area contributed by atoms with Crippen molar-refractivity contribution in [3.05, 3.63) is 51.6 Å². The number of nitro groups is 1. The molecule has 6 heteroatoms. The zero-order valence-corrected chi connectivity index (χ0v) is 12.9. The van der Waals surface area contributed by atoms with E-state index in [9.17, 15) is 19.7 Å². The van der Waals surface area contributed by atoms with Gasteiger partial charge in [0.1, 0.15) is 0 Å². The van der Waals surface area contributed by atoms with Crippen LogP contribution in [0.15, 0.2) is 30.3 Å². The number of non-ortho nitro benzene ring substituents is 1. The predicted octanol–water partition coefficient (Wildman–Crippen LogP) is 3.39. The molecule has 0 aromatic heterocycles. The Balaban J connectivity index is 2.19. The summed E-state index contributed by atoms with van der Waals surface area (Å²) in [4.78, 5) is 37.2. The highest BCUT2D eigenvalue weighted by Crippen LogP contribution is 2.35. The van der Waals surface area contributed by atoms with Crippen molar-refractivity contribution in [1.82, 2.24) is 4.90 Å². The van der Waals surface area contributed by atoms with E-state index in [1.165, 1.54) is 17.0 Å². The van der Waals surface area contributed by atoms with Gasteiger partial charge in [0, 0.05) is 29.1 Å². The fourth-order valence-electron chi connectivity index (χ4n) is 2.88. The van der Waals surface area contributed by atoms with E-state index in [1.54, 1.807) is 18.2 Å². The molecule has 0 aliphatic carbocycles. The van der Waals surface area contributed by atoms with Gasteiger partial charge in [0.2, 0.25) is 0 Å². The van der Waals surface area contributed by atoms with Crippen LogP contribution in [-0.4, -0.2) is 28.2 Å². The number of hydrogen-bond acceptors (Lipinski definition) is 4. The molecule has 23 heavy (non-hydrogen) atoms. The minimum absolute atomic E-state index is 0.0955. The number of amides is 2. The minimum atomic E-state index is -0.497. The smallest absolute Gasteiger partial charge is 0.274 e. The summed E-state index contributed by atoms with van der Waals surface area (Å²) in [5, 5.41) is 11.9. The summed E-state index contributed by atoms with van der Waals surface area (Å²) in [5.41, 5.74) is 0.607. The summed E-state index contributed by atoms with van der Waals surface area (Å²) >= 11 is 0. The first-order chi connectivity index (χ1) is 10.9. The van der Waals surface area contributed by atoms with Crippen molar-refractivity contribution in [3.8, 4) is 0 Å². The van der Waals surface area contributed by atoms with Crippen LogP contribution in [0, 0.1) is 16.0 Å². The Morgan fingerprint density at radius 3 is 2.35 bits per heavy atom. The molecule has 0 fully saturated rings. The summed E-state index contributed by atoms with van der Waals surface area (Å²) in [5.74, 6) is -0.395. The molecule has 0 N–H and O–H groups in total. The molecule has 0 spiro atoms. The third-order valence-electron chi connectivity index (χ3n) is 4.10. The second kappa shape index (κ2) is 5.46. The van der Waals surface area contributed by atoms with Crippen LogP contribution in [-0.2, 0) is 0 Å². The van der Waals surface area contributed by atoms with Gasteiger partial charge in [0.25, 0.3) is 17.5 Å². The first-order valence-corrected chi connectivity index (χ1v) is 7.48. The molecule has 0 bridgehead atoms. The van der Waals surface area contributed by atoms with Crippen LogP contribution in [0.5, 0.6) is 0 Å². The van der Waals surface area contributed by atoms with Crippen LogP contribution >= 0.6 is 0 Å². The van der Waals surface area contributed by atoms with Gasteiger partial charge in [-0.25, -0.2) is 0 Å². The molecule has 0 unspecified atom stereocenters. The Labute approximate surface area is 132 Å². The van der Waals surface area contributed by atoms with Gasteiger partial charge in [-0.2, -0.15) is 0 Å². The number of hydrogen-bond donors (Lipinski definition) is 0.